The number of rotatable bonds is 8. The maximum absolute atomic E-state index is 12.7. The number of fused-ring (bicyclic) bond motifs is 1. The minimum Gasteiger partial charge on any atom is -0.345 e. The van der Waals surface area contributed by atoms with Gasteiger partial charge in [-0.05, 0) is 37.4 Å². The van der Waals surface area contributed by atoms with Gasteiger partial charge >= 0.3 is 0 Å². The van der Waals surface area contributed by atoms with Crippen LogP contribution in [0.2, 0.25) is 5.02 Å². The van der Waals surface area contributed by atoms with Crippen molar-refractivity contribution in [1.29, 1.82) is 0 Å². The molecule has 2 heterocycles. The van der Waals surface area contributed by atoms with E-state index in [9.17, 15) is 4.79 Å². The van der Waals surface area contributed by atoms with E-state index in [4.69, 9.17) is 16.6 Å². The molecule has 4 aromatic rings. The maximum atomic E-state index is 12.7. The van der Waals surface area contributed by atoms with Gasteiger partial charge in [0.25, 0.3) is 5.91 Å². The van der Waals surface area contributed by atoms with Crippen molar-refractivity contribution >= 4 is 40.2 Å². The zero-order valence-electron chi connectivity index (χ0n) is 19.8. The highest BCUT2D eigenvalue weighted by Gasteiger charge is 2.18. The number of carbonyl (C=O) groups is 1. The monoisotopic (exact) mass is 477 g/mol. The number of carbonyl (C=O) groups excluding carboxylic acids is 1. The van der Waals surface area contributed by atoms with Gasteiger partial charge in [-0.2, -0.15) is 0 Å². The van der Waals surface area contributed by atoms with Gasteiger partial charge in [0, 0.05) is 30.9 Å². The average molecular weight is 478 g/mol. The van der Waals surface area contributed by atoms with E-state index in [-0.39, 0.29) is 5.91 Å². The van der Waals surface area contributed by atoms with E-state index in [1.54, 1.807) is 26.4 Å². The second-order valence-electron chi connectivity index (χ2n) is 8.14. The normalized spacial score (nSPS) is 11.2. The van der Waals surface area contributed by atoms with Crippen LogP contribution in [-0.4, -0.2) is 62.8 Å². The number of amides is 1. The fourth-order valence-corrected chi connectivity index (χ4v) is 3.93. The summed E-state index contributed by atoms with van der Waals surface area (Å²) in [6.45, 7) is 7.01. The first-order valence-electron chi connectivity index (χ1n) is 11.2. The number of H-pyrrole nitrogens is 1. The average Bonchev–Trinajstić information content (AvgIpc) is 3.25. The van der Waals surface area contributed by atoms with E-state index in [0.29, 0.717) is 27.8 Å². The fourth-order valence-electron chi connectivity index (χ4n) is 3.74. The Kier molecular flexibility index (Phi) is 7.09. The molecule has 1 amide bonds. The lowest BCUT2D eigenvalue weighted by atomic mass is 10.0. The van der Waals surface area contributed by atoms with Gasteiger partial charge in [-0.15, -0.1) is 0 Å². The highest BCUT2D eigenvalue weighted by Crippen LogP contribution is 2.30. The van der Waals surface area contributed by atoms with Gasteiger partial charge < -0.3 is 15.2 Å². The molecule has 0 unspecified atom stereocenters. The molecule has 176 valence electrons. The molecule has 0 aliphatic rings. The molecule has 0 aliphatic carbocycles. The van der Waals surface area contributed by atoms with Gasteiger partial charge in [0.2, 0.25) is 5.95 Å². The molecule has 0 fully saturated rings. The third-order valence-electron chi connectivity index (χ3n) is 5.62. The first-order valence-corrected chi connectivity index (χ1v) is 11.6. The fraction of sp³-hybridized carbons (Fsp3) is 0.280. The largest absolute Gasteiger partial charge is 0.345 e. The zero-order chi connectivity index (χ0) is 24.2. The van der Waals surface area contributed by atoms with Gasteiger partial charge in [-0.25, -0.2) is 15.0 Å². The highest BCUT2D eigenvalue weighted by atomic mass is 35.5. The predicted octanol–water partition coefficient (Wildman–Crippen LogP) is 4.96. The Morgan fingerprint density at radius 3 is 2.59 bits per heavy atom. The molecular weight excluding hydrogens is 450 g/mol. The van der Waals surface area contributed by atoms with E-state index >= 15 is 0 Å². The summed E-state index contributed by atoms with van der Waals surface area (Å²) >= 11 is 6.44. The first-order chi connectivity index (χ1) is 16.4. The minimum atomic E-state index is -0.120. The molecule has 8 nitrogen and oxygen atoms in total. The van der Waals surface area contributed by atoms with Crippen molar-refractivity contribution in [2.75, 3.05) is 32.5 Å². The molecule has 0 atom stereocenters. The molecule has 0 saturated heterocycles. The van der Waals surface area contributed by atoms with Gasteiger partial charge in [0.1, 0.15) is 5.82 Å². The molecule has 4 rings (SSSR count). The van der Waals surface area contributed by atoms with Crippen LogP contribution in [0.4, 0.5) is 11.6 Å². The van der Waals surface area contributed by atoms with Gasteiger partial charge in [-0.1, -0.05) is 43.6 Å². The lowest BCUT2D eigenvalue weighted by molar-refractivity contribution is 0.0828. The summed E-state index contributed by atoms with van der Waals surface area (Å²) in [5.74, 6) is 1.20. The van der Waals surface area contributed by atoms with Crippen LogP contribution in [0.3, 0.4) is 0 Å². The predicted molar refractivity (Wildman–Crippen MR) is 136 cm³/mol. The Morgan fingerprint density at radius 1 is 1.09 bits per heavy atom. The highest BCUT2D eigenvalue weighted by molar-refractivity contribution is 6.33. The third kappa shape index (κ3) is 5.03. The summed E-state index contributed by atoms with van der Waals surface area (Å²) in [5, 5.41) is 3.61. The summed E-state index contributed by atoms with van der Waals surface area (Å²) in [7, 11) is 3.43. The quantitative estimate of drug-likeness (QED) is 0.372. The molecule has 2 aromatic heterocycles. The van der Waals surface area contributed by atoms with Crippen molar-refractivity contribution in [2.24, 2.45) is 0 Å². The zero-order valence-corrected chi connectivity index (χ0v) is 20.5. The summed E-state index contributed by atoms with van der Waals surface area (Å²) in [4.78, 5) is 33.6. The lowest BCUT2D eigenvalue weighted by Gasteiger charge is -2.15. The lowest BCUT2D eigenvalue weighted by Crippen LogP contribution is -2.22. The summed E-state index contributed by atoms with van der Waals surface area (Å²) < 4.78 is 0. The van der Waals surface area contributed by atoms with Crippen LogP contribution >= 0.6 is 11.6 Å². The Labute approximate surface area is 204 Å². The Morgan fingerprint density at radius 2 is 1.85 bits per heavy atom. The smallest absolute Gasteiger partial charge is 0.254 e. The molecular formula is C25H28ClN7O. The second kappa shape index (κ2) is 10.2. The van der Waals surface area contributed by atoms with Crippen molar-refractivity contribution in [2.45, 2.75) is 20.4 Å². The number of aromatic nitrogens is 4. The van der Waals surface area contributed by atoms with Crippen LogP contribution < -0.4 is 5.32 Å². The standard InChI is InChI=1S/C25H28ClN7O/c1-5-33(6-2)15-22-29-20-12-11-16(13-21(20)30-22)28-25-27-14-19(26)23(31-25)17-9-7-8-10-18(17)24(34)32(3)4/h7-14H,5-6,15H2,1-4H3,(H,29,30)(H,27,28,31). The molecule has 0 radical (unpaired) electrons. The number of hydrogen-bond donors (Lipinski definition) is 2. The van der Waals surface area contributed by atoms with E-state index in [1.165, 1.54) is 4.90 Å². The van der Waals surface area contributed by atoms with E-state index in [1.807, 2.05) is 36.4 Å². The Hall–Kier alpha value is -3.49. The van der Waals surface area contributed by atoms with Crippen LogP contribution in [0.1, 0.15) is 30.0 Å². The van der Waals surface area contributed by atoms with Gasteiger partial charge in [-0.3, -0.25) is 9.69 Å². The van der Waals surface area contributed by atoms with Crippen molar-refractivity contribution in [3.8, 4) is 11.3 Å². The number of nitrogens with one attached hydrogen (secondary N) is 2. The van der Waals surface area contributed by atoms with Crippen LogP contribution in [0, 0.1) is 0 Å². The number of halogens is 1. The molecule has 0 saturated carbocycles. The SMILES string of the molecule is CCN(CC)Cc1nc2ccc(Nc3ncc(Cl)c(-c4ccccc4C(=O)N(C)C)n3)cc2[nH]1. The van der Waals surface area contributed by atoms with Gasteiger partial charge in [0.05, 0.1) is 34.5 Å². The van der Waals surface area contributed by atoms with Crippen LogP contribution in [-0.2, 0) is 6.54 Å². The topological polar surface area (TPSA) is 90.0 Å². The van der Waals surface area contributed by atoms with Crippen molar-refractivity contribution < 1.29 is 4.79 Å². The summed E-state index contributed by atoms with van der Waals surface area (Å²) in [5.41, 5.74) is 4.33. The molecule has 2 N–H and O–H groups in total. The molecule has 0 aliphatic heterocycles. The van der Waals surface area contributed by atoms with Crippen molar-refractivity contribution in [1.82, 2.24) is 29.7 Å². The number of hydrogen-bond acceptors (Lipinski definition) is 6. The molecule has 0 bridgehead atoms. The van der Waals surface area contributed by atoms with Crippen LogP contribution in [0.15, 0.2) is 48.7 Å². The molecule has 9 heteroatoms. The molecule has 0 spiro atoms. The maximum Gasteiger partial charge on any atom is 0.254 e. The molecule has 2 aromatic carbocycles. The van der Waals surface area contributed by atoms with Crippen molar-refractivity contribution in [3.63, 3.8) is 0 Å². The van der Waals surface area contributed by atoms with E-state index in [0.717, 1.165) is 42.2 Å². The second-order valence-corrected chi connectivity index (χ2v) is 8.54. The van der Waals surface area contributed by atoms with E-state index < -0.39 is 0 Å². The van der Waals surface area contributed by atoms with Crippen molar-refractivity contribution in [3.05, 3.63) is 65.1 Å². The number of aromatic amines is 1. The first kappa shape index (κ1) is 23.7. The number of benzene rings is 2. The Balaban J connectivity index is 1.63. The Bertz CT molecular complexity index is 1310. The summed E-state index contributed by atoms with van der Waals surface area (Å²) in [6.07, 6.45) is 1.54. The van der Waals surface area contributed by atoms with Crippen LogP contribution in [0.5, 0.6) is 0 Å². The number of anilines is 2. The van der Waals surface area contributed by atoms with E-state index in [2.05, 4.69) is 39.0 Å². The number of imidazole rings is 1. The molecule has 34 heavy (non-hydrogen) atoms. The summed E-state index contributed by atoms with van der Waals surface area (Å²) in [6, 6.07) is 13.2. The number of nitrogens with zero attached hydrogens (tertiary/aromatic N) is 5. The van der Waals surface area contributed by atoms with Gasteiger partial charge in [0.15, 0.2) is 0 Å². The van der Waals surface area contributed by atoms with Crippen LogP contribution in [0.25, 0.3) is 22.3 Å². The third-order valence-corrected chi connectivity index (χ3v) is 5.89. The minimum absolute atomic E-state index is 0.120.